The molecule has 2 rings (SSSR count). The first-order valence-corrected chi connectivity index (χ1v) is 7.06. The van der Waals surface area contributed by atoms with Crippen LogP contribution in [-0.2, 0) is 0 Å². The molecule has 0 spiro atoms. The SMILES string of the molecule is Cc1nscc1C(=O)NC1CCSCC1. The Labute approximate surface area is 97.8 Å². The van der Waals surface area contributed by atoms with Crippen molar-refractivity contribution in [2.45, 2.75) is 25.8 Å². The van der Waals surface area contributed by atoms with Crippen LogP contribution in [0.5, 0.6) is 0 Å². The molecular formula is C10H14N2OS2. The summed E-state index contributed by atoms with van der Waals surface area (Å²) in [5, 5.41) is 4.90. The zero-order valence-corrected chi connectivity index (χ0v) is 10.3. The van der Waals surface area contributed by atoms with Crippen molar-refractivity contribution in [3.05, 3.63) is 16.6 Å². The molecule has 0 unspecified atom stereocenters. The molecule has 82 valence electrons. The van der Waals surface area contributed by atoms with Gasteiger partial charge in [-0.2, -0.15) is 16.1 Å². The van der Waals surface area contributed by atoms with Crippen molar-refractivity contribution in [2.24, 2.45) is 0 Å². The van der Waals surface area contributed by atoms with E-state index >= 15 is 0 Å². The standard InChI is InChI=1S/C10H14N2OS2/c1-7-9(6-15-12-7)10(13)11-8-2-4-14-5-3-8/h6,8H,2-5H2,1H3,(H,11,13). The van der Waals surface area contributed by atoms with Crippen molar-refractivity contribution in [1.82, 2.24) is 9.69 Å². The Morgan fingerprint density at radius 3 is 2.87 bits per heavy atom. The largest absolute Gasteiger partial charge is 0.349 e. The topological polar surface area (TPSA) is 42.0 Å². The van der Waals surface area contributed by atoms with E-state index < -0.39 is 0 Å². The minimum atomic E-state index is 0.0400. The summed E-state index contributed by atoms with van der Waals surface area (Å²) in [6.45, 7) is 1.88. The molecule has 0 aliphatic carbocycles. The van der Waals surface area contributed by atoms with Gasteiger partial charge in [-0.25, -0.2) is 0 Å². The molecule has 0 aromatic carbocycles. The first-order chi connectivity index (χ1) is 7.27. The van der Waals surface area contributed by atoms with E-state index in [1.165, 1.54) is 11.5 Å². The third kappa shape index (κ3) is 2.72. The molecule has 1 aliphatic heterocycles. The minimum absolute atomic E-state index is 0.0400. The van der Waals surface area contributed by atoms with Crippen LogP contribution >= 0.6 is 23.3 Å². The highest BCUT2D eigenvalue weighted by atomic mass is 32.2. The molecule has 0 atom stereocenters. The van der Waals surface area contributed by atoms with Gasteiger partial charge in [0.1, 0.15) is 0 Å². The van der Waals surface area contributed by atoms with Crippen LogP contribution in [0.4, 0.5) is 0 Å². The molecule has 1 aromatic rings. The number of hydrogen-bond donors (Lipinski definition) is 1. The zero-order chi connectivity index (χ0) is 10.7. The van der Waals surface area contributed by atoms with Gasteiger partial charge in [-0.1, -0.05) is 0 Å². The summed E-state index contributed by atoms with van der Waals surface area (Å²) in [6.07, 6.45) is 2.18. The number of carbonyl (C=O) groups excluding carboxylic acids is 1. The smallest absolute Gasteiger partial charge is 0.254 e. The van der Waals surface area contributed by atoms with Gasteiger partial charge in [0, 0.05) is 11.4 Å². The molecule has 0 radical (unpaired) electrons. The van der Waals surface area contributed by atoms with E-state index in [2.05, 4.69) is 9.69 Å². The fourth-order valence-electron chi connectivity index (χ4n) is 1.62. The predicted octanol–water partition coefficient (Wildman–Crippen LogP) is 2.08. The highest BCUT2D eigenvalue weighted by molar-refractivity contribution is 7.99. The Hall–Kier alpha value is -0.550. The number of thioether (sulfide) groups is 1. The van der Waals surface area contributed by atoms with Crippen molar-refractivity contribution in [3.8, 4) is 0 Å². The summed E-state index contributed by atoms with van der Waals surface area (Å²) >= 11 is 3.31. The van der Waals surface area contributed by atoms with Gasteiger partial charge < -0.3 is 5.32 Å². The lowest BCUT2D eigenvalue weighted by Crippen LogP contribution is -2.37. The second-order valence-corrected chi connectivity index (χ2v) is 5.53. The van der Waals surface area contributed by atoms with Crippen LogP contribution < -0.4 is 5.32 Å². The first kappa shape index (κ1) is 11.0. The van der Waals surface area contributed by atoms with Crippen molar-refractivity contribution in [2.75, 3.05) is 11.5 Å². The number of carbonyl (C=O) groups is 1. The molecule has 1 amide bonds. The van der Waals surface area contributed by atoms with Gasteiger partial charge in [-0.3, -0.25) is 4.79 Å². The lowest BCUT2D eigenvalue weighted by atomic mass is 10.1. The normalized spacial score (nSPS) is 17.7. The lowest BCUT2D eigenvalue weighted by molar-refractivity contribution is 0.0934. The molecule has 0 saturated carbocycles. The second-order valence-electron chi connectivity index (χ2n) is 3.67. The van der Waals surface area contributed by atoms with E-state index in [0.29, 0.717) is 6.04 Å². The monoisotopic (exact) mass is 242 g/mol. The maximum Gasteiger partial charge on any atom is 0.254 e. The molecule has 1 aliphatic rings. The number of nitrogens with one attached hydrogen (secondary N) is 1. The number of nitrogens with zero attached hydrogens (tertiary/aromatic N) is 1. The van der Waals surface area contributed by atoms with E-state index in [0.717, 1.165) is 35.6 Å². The van der Waals surface area contributed by atoms with Crippen molar-refractivity contribution in [3.63, 3.8) is 0 Å². The first-order valence-electron chi connectivity index (χ1n) is 5.07. The van der Waals surface area contributed by atoms with E-state index in [9.17, 15) is 4.79 Å². The maximum atomic E-state index is 11.8. The van der Waals surface area contributed by atoms with Crippen molar-refractivity contribution in [1.29, 1.82) is 0 Å². The van der Waals surface area contributed by atoms with Crippen LogP contribution in [0.3, 0.4) is 0 Å². The van der Waals surface area contributed by atoms with E-state index in [1.807, 2.05) is 24.1 Å². The summed E-state index contributed by atoms with van der Waals surface area (Å²) in [7, 11) is 0. The van der Waals surface area contributed by atoms with Crippen molar-refractivity contribution >= 4 is 29.2 Å². The number of amides is 1. The predicted molar refractivity (Wildman–Crippen MR) is 64.7 cm³/mol. The summed E-state index contributed by atoms with van der Waals surface area (Å²) in [5.41, 5.74) is 1.57. The highest BCUT2D eigenvalue weighted by Gasteiger charge is 2.18. The fraction of sp³-hybridized carbons (Fsp3) is 0.600. The van der Waals surface area contributed by atoms with Gasteiger partial charge in [0.15, 0.2) is 0 Å². The molecule has 0 bridgehead atoms. The molecule has 1 fully saturated rings. The lowest BCUT2D eigenvalue weighted by Gasteiger charge is -2.22. The van der Waals surface area contributed by atoms with Gasteiger partial charge in [-0.15, -0.1) is 0 Å². The van der Waals surface area contributed by atoms with Gasteiger partial charge in [0.05, 0.1) is 11.3 Å². The van der Waals surface area contributed by atoms with Crippen molar-refractivity contribution < 1.29 is 4.79 Å². The Kier molecular flexibility index (Phi) is 3.64. The molecule has 1 aromatic heterocycles. The van der Waals surface area contributed by atoms with Gasteiger partial charge >= 0.3 is 0 Å². The molecule has 5 heteroatoms. The van der Waals surface area contributed by atoms with Crippen LogP contribution in [-0.4, -0.2) is 27.8 Å². The highest BCUT2D eigenvalue weighted by Crippen LogP contribution is 2.18. The minimum Gasteiger partial charge on any atom is -0.349 e. The number of aryl methyl sites for hydroxylation is 1. The third-order valence-electron chi connectivity index (χ3n) is 2.55. The van der Waals surface area contributed by atoms with Gasteiger partial charge in [-0.05, 0) is 42.8 Å². The average Bonchev–Trinajstić information content (AvgIpc) is 2.66. The summed E-state index contributed by atoms with van der Waals surface area (Å²) in [4.78, 5) is 11.8. The number of aromatic nitrogens is 1. The second kappa shape index (κ2) is 4.99. The summed E-state index contributed by atoms with van der Waals surface area (Å²) in [6, 6.07) is 0.359. The molecule has 1 saturated heterocycles. The van der Waals surface area contributed by atoms with E-state index in [-0.39, 0.29) is 5.91 Å². The average molecular weight is 242 g/mol. The number of rotatable bonds is 2. The Balaban J connectivity index is 1.94. The zero-order valence-electron chi connectivity index (χ0n) is 8.66. The van der Waals surface area contributed by atoms with E-state index in [1.54, 1.807) is 0 Å². The molecule has 1 N–H and O–H groups in total. The maximum absolute atomic E-state index is 11.8. The molecular weight excluding hydrogens is 228 g/mol. The Morgan fingerprint density at radius 2 is 2.27 bits per heavy atom. The molecule has 15 heavy (non-hydrogen) atoms. The Bertz CT molecular complexity index is 345. The van der Waals surface area contributed by atoms with Crippen LogP contribution in [0.15, 0.2) is 5.38 Å². The van der Waals surface area contributed by atoms with E-state index in [4.69, 9.17) is 0 Å². The molecule has 2 heterocycles. The third-order valence-corrected chi connectivity index (χ3v) is 4.32. The Morgan fingerprint density at radius 1 is 1.53 bits per heavy atom. The van der Waals surface area contributed by atoms with Crippen LogP contribution in [0.2, 0.25) is 0 Å². The fourth-order valence-corrected chi connectivity index (χ4v) is 3.41. The van der Waals surface area contributed by atoms with Gasteiger partial charge in [0.25, 0.3) is 5.91 Å². The molecule has 3 nitrogen and oxygen atoms in total. The number of hydrogen-bond acceptors (Lipinski definition) is 4. The van der Waals surface area contributed by atoms with Crippen LogP contribution in [0.1, 0.15) is 28.9 Å². The van der Waals surface area contributed by atoms with Crippen LogP contribution in [0.25, 0.3) is 0 Å². The summed E-state index contributed by atoms with van der Waals surface area (Å²) in [5.74, 6) is 2.36. The van der Waals surface area contributed by atoms with Gasteiger partial charge in [0.2, 0.25) is 0 Å². The van der Waals surface area contributed by atoms with Crippen LogP contribution in [0, 0.1) is 6.92 Å². The quantitative estimate of drug-likeness (QED) is 0.863. The summed E-state index contributed by atoms with van der Waals surface area (Å²) < 4.78 is 4.11.